The highest BCUT2D eigenvalue weighted by Crippen LogP contribution is 2.37. The lowest BCUT2D eigenvalue weighted by Gasteiger charge is -2.28. The predicted molar refractivity (Wildman–Crippen MR) is 75.5 cm³/mol. The molecule has 0 amide bonds. The molecule has 18 heavy (non-hydrogen) atoms. The Morgan fingerprint density at radius 2 is 2.00 bits per heavy atom. The van der Waals surface area contributed by atoms with Gasteiger partial charge in [-0.25, -0.2) is 0 Å². The van der Waals surface area contributed by atoms with E-state index in [-0.39, 0.29) is 0 Å². The topological polar surface area (TPSA) is 22.1 Å². The van der Waals surface area contributed by atoms with E-state index in [9.17, 15) is 0 Å². The van der Waals surface area contributed by atoms with Crippen molar-refractivity contribution >= 4 is 6.08 Å². The highest BCUT2D eigenvalue weighted by Gasteiger charge is 2.23. The van der Waals surface area contributed by atoms with E-state index in [4.69, 9.17) is 4.74 Å². The number of aromatic nitrogens is 1. The van der Waals surface area contributed by atoms with Crippen molar-refractivity contribution < 1.29 is 4.74 Å². The number of hydrogen-bond acceptors (Lipinski definition) is 2. The summed E-state index contributed by atoms with van der Waals surface area (Å²) in [6.07, 6.45) is 8.94. The molecule has 0 radical (unpaired) electrons. The zero-order chi connectivity index (χ0) is 13.1. The maximum Gasteiger partial charge on any atom is 0.0879 e. The molecule has 0 saturated heterocycles. The summed E-state index contributed by atoms with van der Waals surface area (Å²) in [6.45, 7) is 9.88. The molecule has 1 aromatic rings. The van der Waals surface area contributed by atoms with Crippen LogP contribution in [-0.4, -0.2) is 11.6 Å². The second kappa shape index (κ2) is 5.55. The molecule has 0 aromatic carbocycles. The van der Waals surface area contributed by atoms with Crippen LogP contribution in [0.3, 0.4) is 0 Å². The van der Waals surface area contributed by atoms with Crippen LogP contribution in [0.2, 0.25) is 0 Å². The van der Waals surface area contributed by atoms with Crippen LogP contribution in [0.4, 0.5) is 0 Å². The molecule has 1 unspecified atom stereocenters. The van der Waals surface area contributed by atoms with Crippen molar-refractivity contribution in [1.29, 1.82) is 0 Å². The first kappa shape index (κ1) is 13.1. The Hall–Kier alpha value is -1.31. The van der Waals surface area contributed by atoms with Gasteiger partial charge in [-0.3, -0.25) is 4.98 Å². The van der Waals surface area contributed by atoms with Crippen molar-refractivity contribution in [2.24, 2.45) is 5.92 Å². The molecular formula is C16H23NO. The van der Waals surface area contributed by atoms with Crippen molar-refractivity contribution in [2.45, 2.75) is 46.0 Å². The van der Waals surface area contributed by atoms with E-state index in [0.29, 0.717) is 17.8 Å². The van der Waals surface area contributed by atoms with Crippen LogP contribution >= 0.6 is 0 Å². The Kier molecular flexibility index (Phi) is 4.05. The Morgan fingerprint density at radius 3 is 2.67 bits per heavy atom. The molecule has 0 N–H and O–H groups in total. The van der Waals surface area contributed by atoms with Crippen LogP contribution in [0.25, 0.3) is 6.08 Å². The molecule has 2 nitrogen and oxygen atoms in total. The van der Waals surface area contributed by atoms with Gasteiger partial charge in [-0.2, -0.15) is 0 Å². The highest BCUT2D eigenvalue weighted by molar-refractivity contribution is 5.56. The Bertz CT molecular complexity index is 435. The van der Waals surface area contributed by atoms with Gasteiger partial charge in [-0.05, 0) is 46.9 Å². The normalized spacial score (nSPS) is 21.1. The number of nitrogens with zero attached hydrogens (tertiary/aromatic N) is 1. The zero-order valence-corrected chi connectivity index (χ0v) is 11.8. The third-order valence-corrected chi connectivity index (χ3v) is 3.74. The van der Waals surface area contributed by atoms with Gasteiger partial charge in [0, 0.05) is 12.4 Å². The van der Waals surface area contributed by atoms with Gasteiger partial charge < -0.3 is 4.74 Å². The van der Waals surface area contributed by atoms with Crippen LogP contribution in [0.1, 0.15) is 62.6 Å². The minimum absolute atomic E-state index is 0.516. The molecule has 98 valence electrons. The molecule has 0 aliphatic carbocycles. The zero-order valence-electron chi connectivity index (χ0n) is 11.8. The van der Waals surface area contributed by atoms with Crippen LogP contribution < -0.4 is 0 Å². The van der Waals surface area contributed by atoms with Crippen molar-refractivity contribution in [3.63, 3.8) is 0 Å². The van der Waals surface area contributed by atoms with Gasteiger partial charge in [0.15, 0.2) is 0 Å². The summed E-state index contributed by atoms with van der Waals surface area (Å²) in [5.41, 5.74) is 4.09. The number of fused-ring (bicyclic) bond motifs is 1. The lowest BCUT2D eigenvalue weighted by atomic mass is 9.79. The Labute approximate surface area is 110 Å². The van der Waals surface area contributed by atoms with Crippen LogP contribution in [0, 0.1) is 5.92 Å². The van der Waals surface area contributed by atoms with Gasteiger partial charge in [0.25, 0.3) is 0 Å². The summed E-state index contributed by atoms with van der Waals surface area (Å²) < 4.78 is 5.50. The molecule has 0 spiro atoms. The second-order valence-electron chi connectivity index (χ2n) is 5.70. The molecule has 2 heterocycles. The van der Waals surface area contributed by atoms with E-state index >= 15 is 0 Å². The van der Waals surface area contributed by atoms with Crippen LogP contribution in [0.5, 0.6) is 0 Å². The molecule has 1 aromatic heterocycles. The van der Waals surface area contributed by atoms with Gasteiger partial charge in [0.2, 0.25) is 0 Å². The van der Waals surface area contributed by atoms with E-state index in [1.807, 2.05) is 12.4 Å². The Balaban J connectivity index is 2.58. The molecular weight excluding hydrogens is 222 g/mol. The second-order valence-corrected chi connectivity index (χ2v) is 5.70. The maximum absolute atomic E-state index is 5.50. The van der Waals surface area contributed by atoms with Crippen LogP contribution in [0.15, 0.2) is 18.7 Å². The van der Waals surface area contributed by atoms with E-state index in [0.717, 1.165) is 13.0 Å². The number of pyridine rings is 1. The minimum Gasteiger partial charge on any atom is -0.501 e. The average Bonchev–Trinajstić information content (AvgIpc) is 2.28. The fourth-order valence-corrected chi connectivity index (χ4v) is 2.72. The summed E-state index contributed by atoms with van der Waals surface area (Å²) in [5, 5.41) is 0. The summed E-state index contributed by atoms with van der Waals surface area (Å²) in [6, 6.07) is 0. The van der Waals surface area contributed by atoms with Crippen molar-refractivity contribution in [2.75, 3.05) is 6.61 Å². The molecule has 2 heteroatoms. The maximum atomic E-state index is 5.50. The van der Waals surface area contributed by atoms with Crippen molar-refractivity contribution in [3.8, 4) is 0 Å². The molecule has 2 rings (SSSR count). The summed E-state index contributed by atoms with van der Waals surface area (Å²) >= 11 is 0. The lowest BCUT2D eigenvalue weighted by Crippen LogP contribution is -2.15. The number of ether oxygens (including phenoxy) is 1. The summed E-state index contributed by atoms with van der Waals surface area (Å²) in [5.74, 6) is 1.70. The predicted octanol–water partition coefficient (Wildman–Crippen LogP) is 4.34. The molecule has 1 atom stereocenters. The Morgan fingerprint density at radius 1 is 1.22 bits per heavy atom. The van der Waals surface area contributed by atoms with E-state index in [2.05, 4.69) is 38.8 Å². The van der Waals surface area contributed by atoms with Crippen LogP contribution in [-0.2, 0) is 4.74 Å². The quantitative estimate of drug-likeness (QED) is 0.773. The van der Waals surface area contributed by atoms with Gasteiger partial charge in [-0.1, -0.05) is 27.7 Å². The van der Waals surface area contributed by atoms with E-state index < -0.39 is 0 Å². The van der Waals surface area contributed by atoms with E-state index in [1.54, 1.807) is 6.26 Å². The first-order valence-electron chi connectivity index (χ1n) is 6.87. The fourth-order valence-electron chi connectivity index (χ4n) is 2.72. The molecule has 0 saturated carbocycles. The number of hydrogen-bond donors (Lipinski definition) is 0. The first-order valence-corrected chi connectivity index (χ1v) is 6.87. The largest absolute Gasteiger partial charge is 0.501 e. The van der Waals surface area contributed by atoms with Crippen molar-refractivity contribution in [3.05, 3.63) is 35.3 Å². The molecule has 0 fully saturated rings. The summed E-state index contributed by atoms with van der Waals surface area (Å²) in [4.78, 5) is 4.38. The molecule has 1 aliphatic rings. The monoisotopic (exact) mass is 245 g/mol. The molecule has 1 aliphatic heterocycles. The van der Waals surface area contributed by atoms with Crippen molar-refractivity contribution in [1.82, 2.24) is 4.98 Å². The lowest BCUT2D eigenvalue weighted by molar-refractivity contribution is 0.225. The smallest absolute Gasteiger partial charge is 0.0879 e. The fraction of sp³-hybridized carbons (Fsp3) is 0.562. The molecule has 0 bridgehead atoms. The third-order valence-electron chi connectivity index (χ3n) is 3.74. The average molecular weight is 245 g/mol. The third kappa shape index (κ3) is 2.58. The van der Waals surface area contributed by atoms with E-state index in [1.165, 1.54) is 16.7 Å². The summed E-state index contributed by atoms with van der Waals surface area (Å²) in [7, 11) is 0. The minimum atomic E-state index is 0.516. The van der Waals surface area contributed by atoms with Gasteiger partial charge in [-0.15, -0.1) is 0 Å². The first-order chi connectivity index (χ1) is 8.61. The van der Waals surface area contributed by atoms with Gasteiger partial charge >= 0.3 is 0 Å². The standard InChI is InChI=1S/C16H23NO/c1-11(2)14-6-8-18-7-5-13-9-17-10-15(12(3)4)16(13)14/h5,7,9-12,14H,6,8H2,1-4H3/b7-5-. The SMILES string of the molecule is CC(C)c1cncc2c1C(C(C)C)CCO/C=C\2. The highest BCUT2D eigenvalue weighted by atomic mass is 16.5. The number of rotatable bonds is 2. The van der Waals surface area contributed by atoms with Gasteiger partial charge in [0.05, 0.1) is 12.9 Å². The van der Waals surface area contributed by atoms with Gasteiger partial charge in [0.1, 0.15) is 0 Å².